The summed E-state index contributed by atoms with van der Waals surface area (Å²) in [7, 11) is 0. The summed E-state index contributed by atoms with van der Waals surface area (Å²) in [5, 5.41) is 10.3. The number of rotatable bonds is 5. The molecule has 0 saturated heterocycles. The summed E-state index contributed by atoms with van der Waals surface area (Å²) in [6.07, 6.45) is 0. The van der Waals surface area contributed by atoms with Crippen molar-refractivity contribution >= 4 is 16.8 Å². The molecule has 0 aliphatic carbocycles. The highest BCUT2D eigenvalue weighted by Gasteiger charge is 2.13. The molecule has 0 spiro atoms. The van der Waals surface area contributed by atoms with E-state index in [4.69, 9.17) is 4.74 Å². The maximum atomic E-state index is 13.3. The summed E-state index contributed by atoms with van der Waals surface area (Å²) < 4.78 is 18.6. The lowest BCUT2D eigenvalue weighted by Gasteiger charge is -2.07. The topological polar surface area (TPSA) is 67.0 Å². The van der Waals surface area contributed by atoms with Crippen molar-refractivity contribution in [1.29, 1.82) is 0 Å². The zero-order valence-corrected chi connectivity index (χ0v) is 11.7. The Balaban J connectivity index is 1.56. The summed E-state index contributed by atoms with van der Waals surface area (Å²) in [4.78, 5) is 12.1. The van der Waals surface area contributed by atoms with Crippen molar-refractivity contribution in [2.45, 2.75) is 0 Å². The number of halogens is 1. The zero-order chi connectivity index (χ0) is 15.4. The minimum atomic E-state index is -0.424. The number of ether oxygens (including phenoxy) is 1. The number of hydrogen-bond donors (Lipinski definition) is 2. The van der Waals surface area contributed by atoms with Crippen molar-refractivity contribution in [3.8, 4) is 5.75 Å². The van der Waals surface area contributed by atoms with Crippen molar-refractivity contribution in [3.63, 3.8) is 0 Å². The van der Waals surface area contributed by atoms with E-state index in [9.17, 15) is 9.18 Å². The Morgan fingerprint density at radius 3 is 2.82 bits per heavy atom. The third kappa shape index (κ3) is 2.90. The fourth-order valence-electron chi connectivity index (χ4n) is 2.11. The molecule has 0 unspecified atom stereocenters. The zero-order valence-electron chi connectivity index (χ0n) is 11.7. The van der Waals surface area contributed by atoms with Gasteiger partial charge in [-0.3, -0.25) is 9.89 Å². The number of carbonyl (C=O) groups is 1. The van der Waals surface area contributed by atoms with Crippen LogP contribution in [0.1, 0.15) is 10.5 Å². The Morgan fingerprint density at radius 1 is 1.18 bits per heavy atom. The molecule has 0 atom stereocenters. The highest BCUT2D eigenvalue weighted by Crippen LogP contribution is 2.16. The molecule has 6 heteroatoms. The summed E-state index contributed by atoms with van der Waals surface area (Å²) in [5.74, 6) is -0.552. The molecule has 1 heterocycles. The van der Waals surface area contributed by atoms with Gasteiger partial charge < -0.3 is 10.1 Å². The van der Waals surface area contributed by atoms with Crippen LogP contribution in [0.15, 0.2) is 48.5 Å². The van der Waals surface area contributed by atoms with Crippen LogP contribution in [-0.4, -0.2) is 29.3 Å². The van der Waals surface area contributed by atoms with Crippen LogP contribution < -0.4 is 10.1 Å². The lowest BCUT2D eigenvalue weighted by molar-refractivity contribution is 0.0943. The lowest BCUT2D eigenvalue weighted by atomic mass is 10.2. The van der Waals surface area contributed by atoms with Gasteiger partial charge in [-0.2, -0.15) is 5.10 Å². The van der Waals surface area contributed by atoms with Crippen LogP contribution >= 0.6 is 0 Å². The predicted molar refractivity (Wildman–Crippen MR) is 80.3 cm³/mol. The molecule has 0 aliphatic rings. The number of hydrogen-bond acceptors (Lipinski definition) is 3. The molecule has 1 aromatic heterocycles. The summed E-state index contributed by atoms with van der Waals surface area (Å²) in [5.41, 5.74) is 1.14. The van der Waals surface area contributed by atoms with Crippen molar-refractivity contribution in [1.82, 2.24) is 15.5 Å². The van der Waals surface area contributed by atoms with Crippen LogP contribution in [0.3, 0.4) is 0 Å². The maximum Gasteiger partial charge on any atom is 0.272 e. The number of benzene rings is 2. The van der Waals surface area contributed by atoms with Gasteiger partial charge >= 0.3 is 0 Å². The van der Waals surface area contributed by atoms with E-state index in [2.05, 4.69) is 15.5 Å². The second-order valence-electron chi connectivity index (χ2n) is 4.65. The van der Waals surface area contributed by atoms with E-state index in [1.54, 1.807) is 18.2 Å². The van der Waals surface area contributed by atoms with Gasteiger partial charge in [0.2, 0.25) is 0 Å². The molecule has 3 aromatic rings. The standard InChI is InChI=1S/C16H14FN3O2/c17-12-6-2-4-8-14(12)22-10-9-18-16(21)15-11-5-1-3-7-13(11)19-20-15/h1-8H,9-10H2,(H,18,21)(H,19,20). The van der Waals surface area contributed by atoms with E-state index in [0.717, 1.165) is 10.9 Å². The van der Waals surface area contributed by atoms with E-state index in [-0.39, 0.29) is 24.8 Å². The molecular weight excluding hydrogens is 285 g/mol. The Morgan fingerprint density at radius 2 is 1.95 bits per heavy atom. The average molecular weight is 299 g/mol. The van der Waals surface area contributed by atoms with Crippen LogP contribution in [0, 0.1) is 5.82 Å². The molecule has 2 aromatic carbocycles. The van der Waals surface area contributed by atoms with Gasteiger partial charge in [0.1, 0.15) is 6.61 Å². The number of fused-ring (bicyclic) bond motifs is 1. The van der Waals surface area contributed by atoms with Gasteiger partial charge in [-0.1, -0.05) is 30.3 Å². The first kappa shape index (κ1) is 14.1. The van der Waals surface area contributed by atoms with E-state index in [0.29, 0.717) is 5.69 Å². The first-order valence-corrected chi connectivity index (χ1v) is 6.84. The highest BCUT2D eigenvalue weighted by molar-refractivity contribution is 6.04. The Bertz CT molecular complexity index is 801. The van der Waals surface area contributed by atoms with Crippen molar-refractivity contribution in [3.05, 3.63) is 60.0 Å². The van der Waals surface area contributed by atoms with Crippen LogP contribution in [0.25, 0.3) is 10.9 Å². The number of para-hydroxylation sites is 2. The normalized spacial score (nSPS) is 10.6. The molecule has 22 heavy (non-hydrogen) atoms. The minimum Gasteiger partial charge on any atom is -0.489 e. The maximum absolute atomic E-state index is 13.3. The molecular formula is C16H14FN3O2. The van der Waals surface area contributed by atoms with Gasteiger partial charge in [0.15, 0.2) is 17.3 Å². The highest BCUT2D eigenvalue weighted by atomic mass is 19.1. The predicted octanol–water partition coefficient (Wildman–Crippen LogP) is 2.51. The molecule has 1 amide bonds. The van der Waals surface area contributed by atoms with E-state index in [1.807, 2.05) is 24.3 Å². The summed E-state index contributed by atoms with van der Waals surface area (Å²) in [6.45, 7) is 0.434. The number of amides is 1. The number of H-pyrrole nitrogens is 1. The quantitative estimate of drug-likeness (QED) is 0.711. The molecule has 0 radical (unpaired) electrons. The summed E-state index contributed by atoms with van der Waals surface area (Å²) in [6, 6.07) is 13.5. The molecule has 0 bridgehead atoms. The van der Waals surface area contributed by atoms with Crippen LogP contribution in [0.5, 0.6) is 5.75 Å². The van der Waals surface area contributed by atoms with Gasteiger partial charge in [0, 0.05) is 5.39 Å². The first-order chi connectivity index (χ1) is 10.8. The Labute approximate surface area is 126 Å². The van der Waals surface area contributed by atoms with Crippen molar-refractivity contribution in [2.75, 3.05) is 13.2 Å². The van der Waals surface area contributed by atoms with Crippen molar-refractivity contribution in [2.24, 2.45) is 0 Å². The number of nitrogens with one attached hydrogen (secondary N) is 2. The van der Waals surface area contributed by atoms with Gasteiger partial charge in [0.25, 0.3) is 5.91 Å². The molecule has 112 valence electrons. The fraction of sp³-hybridized carbons (Fsp3) is 0.125. The third-order valence-corrected chi connectivity index (χ3v) is 3.17. The van der Waals surface area contributed by atoms with Crippen LogP contribution in [-0.2, 0) is 0 Å². The second kappa shape index (κ2) is 6.26. The molecule has 5 nitrogen and oxygen atoms in total. The minimum absolute atomic E-state index is 0.168. The van der Waals surface area contributed by atoms with Crippen LogP contribution in [0.2, 0.25) is 0 Å². The smallest absolute Gasteiger partial charge is 0.272 e. The van der Waals surface area contributed by atoms with Gasteiger partial charge in [-0.05, 0) is 18.2 Å². The lowest BCUT2D eigenvalue weighted by Crippen LogP contribution is -2.28. The molecule has 0 fully saturated rings. The SMILES string of the molecule is O=C(NCCOc1ccccc1F)c1n[nH]c2ccccc12. The molecule has 0 saturated carbocycles. The third-order valence-electron chi connectivity index (χ3n) is 3.17. The Kier molecular flexibility index (Phi) is 4.00. The van der Waals surface area contributed by atoms with Gasteiger partial charge in [-0.15, -0.1) is 0 Å². The van der Waals surface area contributed by atoms with E-state index < -0.39 is 5.82 Å². The number of carbonyl (C=O) groups excluding carboxylic acids is 1. The molecule has 0 aliphatic heterocycles. The molecule has 2 N–H and O–H groups in total. The molecule has 3 rings (SSSR count). The number of nitrogens with zero attached hydrogens (tertiary/aromatic N) is 1. The van der Waals surface area contributed by atoms with E-state index >= 15 is 0 Å². The number of aromatic amines is 1. The Hall–Kier alpha value is -2.89. The fourth-order valence-corrected chi connectivity index (χ4v) is 2.11. The average Bonchev–Trinajstić information content (AvgIpc) is 2.97. The van der Waals surface area contributed by atoms with Crippen LogP contribution in [0.4, 0.5) is 4.39 Å². The second-order valence-corrected chi connectivity index (χ2v) is 4.65. The monoisotopic (exact) mass is 299 g/mol. The first-order valence-electron chi connectivity index (χ1n) is 6.84. The number of aromatic nitrogens is 2. The van der Waals surface area contributed by atoms with Gasteiger partial charge in [0.05, 0.1) is 12.1 Å². The van der Waals surface area contributed by atoms with Gasteiger partial charge in [-0.25, -0.2) is 4.39 Å². The van der Waals surface area contributed by atoms with E-state index in [1.165, 1.54) is 6.07 Å². The van der Waals surface area contributed by atoms with Crippen molar-refractivity contribution < 1.29 is 13.9 Å². The largest absolute Gasteiger partial charge is 0.489 e. The summed E-state index contributed by atoms with van der Waals surface area (Å²) >= 11 is 0.